The summed E-state index contributed by atoms with van der Waals surface area (Å²) in [5.74, 6) is -2.10. The smallest absolute Gasteiger partial charge is 0.374 e. The van der Waals surface area contributed by atoms with E-state index in [1.807, 2.05) is 0 Å². The van der Waals surface area contributed by atoms with Crippen LogP contribution in [0.15, 0.2) is 0 Å². The summed E-state index contributed by atoms with van der Waals surface area (Å²) in [5.41, 5.74) is 0. The first-order valence-corrected chi connectivity index (χ1v) is 7.05. The predicted molar refractivity (Wildman–Crippen MR) is 64.6 cm³/mol. The van der Waals surface area contributed by atoms with Crippen molar-refractivity contribution in [2.24, 2.45) is 0 Å². The minimum Gasteiger partial charge on any atom is -0.469 e. The first-order chi connectivity index (χ1) is 8.69. The molecule has 0 saturated heterocycles. The standard InChI is InChI=1S/C9H16ClO8P/c1-6(10)9(8(12)16-3,5-7(11)15-2)19(13,14)18-17-4/h6H,5H2,1-4H3,(H,13,14). The Morgan fingerprint density at radius 2 is 1.84 bits per heavy atom. The second-order valence-corrected chi connectivity index (χ2v) is 6.19. The molecule has 3 atom stereocenters. The molecule has 0 aliphatic heterocycles. The molecule has 0 aliphatic rings. The fraction of sp³-hybridized carbons (Fsp3) is 0.778. The van der Waals surface area contributed by atoms with Gasteiger partial charge in [0, 0.05) is 0 Å². The van der Waals surface area contributed by atoms with E-state index in [0.717, 1.165) is 21.3 Å². The molecule has 0 bridgehead atoms. The van der Waals surface area contributed by atoms with Gasteiger partial charge in [-0.25, -0.2) is 4.89 Å². The number of ether oxygens (including phenoxy) is 2. The van der Waals surface area contributed by atoms with Crippen molar-refractivity contribution in [2.45, 2.75) is 23.9 Å². The van der Waals surface area contributed by atoms with E-state index < -0.39 is 36.5 Å². The zero-order valence-electron chi connectivity index (χ0n) is 10.9. The van der Waals surface area contributed by atoms with Crippen LogP contribution >= 0.6 is 19.2 Å². The van der Waals surface area contributed by atoms with Crippen LogP contribution in [0.5, 0.6) is 0 Å². The number of carbonyl (C=O) groups is 2. The summed E-state index contributed by atoms with van der Waals surface area (Å²) in [6.07, 6.45) is -0.794. The van der Waals surface area contributed by atoms with Crippen molar-refractivity contribution in [3.63, 3.8) is 0 Å². The summed E-state index contributed by atoms with van der Waals surface area (Å²) in [6, 6.07) is 0. The number of esters is 2. The molecule has 0 radical (unpaired) electrons. The lowest BCUT2D eigenvalue weighted by Gasteiger charge is -2.33. The SMILES string of the molecule is COOP(=O)(O)C(CC(=O)OC)(C(=O)OC)C(C)Cl. The normalized spacial score (nSPS) is 18.8. The summed E-state index contributed by atoms with van der Waals surface area (Å²) >= 11 is 5.82. The third-order valence-electron chi connectivity index (χ3n) is 2.52. The highest BCUT2D eigenvalue weighted by Gasteiger charge is 2.62. The number of hydrogen-bond donors (Lipinski definition) is 1. The largest absolute Gasteiger partial charge is 0.469 e. The van der Waals surface area contributed by atoms with Crippen LogP contribution in [0.1, 0.15) is 13.3 Å². The van der Waals surface area contributed by atoms with Crippen molar-refractivity contribution in [2.75, 3.05) is 21.3 Å². The average Bonchev–Trinajstić information content (AvgIpc) is 2.33. The van der Waals surface area contributed by atoms with E-state index in [9.17, 15) is 19.0 Å². The van der Waals surface area contributed by atoms with Crippen LogP contribution in [0.2, 0.25) is 0 Å². The molecule has 3 unspecified atom stereocenters. The fourth-order valence-corrected chi connectivity index (χ4v) is 3.42. The summed E-state index contributed by atoms with van der Waals surface area (Å²) < 4.78 is 25.2. The second-order valence-electron chi connectivity index (χ2n) is 3.55. The van der Waals surface area contributed by atoms with Crippen molar-refractivity contribution < 1.29 is 38.1 Å². The van der Waals surface area contributed by atoms with Gasteiger partial charge in [-0.2, -0.15) is 0 Å². The predicted octanol–water partition coefficient (Wildman–Crippen LogP) is 0.852. The van der Waals surface area contributed by atoms with Gasteiger partial charge in [0.1, 0.15) is 0 Å². The molecule has 0 aromatic heterocycles. The Bertz CT molecular complexity index is 384. The van der Waals surface area contributed by atoms with Crippen LogP contribution in [-0.2, 0) is 33.2 Å². The van der Waals surface area contributed by atoms with Gasteiger partial charge >= 0.3 is 19.5 Å². The Labute approximate surface area is 115 Å². The first-order valence-electron chi connectivity index (χ1n) is 5.04. The molecule has 112 valence electrons. The van der Waals surface area contributed by atoms with Gasteiger partial charge in [0.2, 0.25) is 0 Å². The molecule has 0 rings (SSSR count). The zero-order chi connectivity index (χ0) is 15.3. The molecule has 0 fully saturated rings. The molecule has 19 heavy (non-hydrogen) atoms. The Morgan fingerprint density at radius 3 is 2.16 bits per heavy atom. The second kappa shape index (κ2) is 7.21. The maximum absolute atomic E-state index is 12.1. The van der Waals surface area contributed by atoms with E-state index in [-0.39, 0.29) is 0 Å². The Hall–Kier alpha value is -0.660. The molecular weight excluding hydrogens is 303 g/mol. The van der Waals surface area contributed by atoms with Gasteiger partial charge in [-0.15, -0.1) is 16.3 Å². The van der Waals surface area contributed by atoms with Crippen molar-refractivity contribution in [3.05, 3.63) is 0 Å². The minimum absolute atomic E-state index is 0.794. The highest BCUT2D eigenvalue weighted by molar-refractivity contribution is 7.56. The Morgan fingerprint density at radius 1 is 1.32 bits per heavy atom. The maximum Gasteiger partial charge on any atom is 0.374 e. The summed E-state index contributed by atoms with van der Waals surface area (Å²) in [6.45, 7) is 1.25. The fourth-order valence-electron chi connectivity index (χ4n) is 1.45. The van der Waals surface area contributed by atoms with E-state index in [2.05, 4.69) is 19.0 Å². The Balaban J connectivity index is 5.85. The van der Waals surface area contributed by atoms with E-state index in [4.69, 9.17) is 11.6 Å². The third-order valence-corrected chi connectivity index (χ3v) is 5.13. The van der Waals surface area contributed by atoms with Crippen LogP contribution in [-0.4, -0.2) is 48.7 Å². The first kappa shape index (κ1) is 18.3. The molecule has 0 amide bonds. The number of rotatable bonds is 7. The number of methoxy groups -OCH3 is 2. The highest BCUT2D eigenvalue weighted by atomic mass is 35.5. The van der Waals surface area contributed by atoms with Gasteiger partial charge in [0.15, 0.2) is 5.16 Å². The van der Waals surface area contributed by atoms with Crippen LogP contribution < -0.4 is 0 Å². The molecule has 0 spiro atoms. The van der Waals surface area contributed by atoms with Crippen LogP contribution in [0, 0.1) is 0 Å². The number of carbonyl (C=O) groups excluding carboxylic acids is 2. The highest BCUT2D eigenvalue weighted by Crippen LogP contribution is 2.60. The number of halogens is 1. The van der Waals surface area contributed by atoms with Gasteiger partial charge in [0.05, 0.1) is 33.1 Å². The Kier molecular flexibility index (Phi) is 6.96. The lowest BCUT2D eigenvalue weighted by Crippen LogP contribution is -2.48. The summed E-state index contributed by atoms with van der Waals surface area (Å²) in [4.78, 5) is 37.2. The van der Waals surface area contributed by atoms with Crippen molar-refractivity contribution >= 4 is 31.1 Å². The molecule has 0 heterocycles. The molecule has 10 heteroatoms. The lowest BCUT2D eigenvalue weighted by atomic mass is 10.0. The molecule has 0 saturated carbocycles. The van der Waals surface area contributed by atoms with Gasteiger partial charge in [0.25, 0.3) is 0 Å². The molecule has 1 N–H and O–H groups in total. The van der Waals surface area contributed by atoms with Crippen molar-refractivity contribution in [1.29, 1.82) is 0 Å². The molecule has 0 aromatic rings. The van der Waals surface area contributed by atoms with Crippen molar-refractivity contribution in [3.8, 4) is 0 Å². The van der Waals surface area contributed by atoms with Gasteiger partial charge in [-0.3, -0.25) is 14.2 Å². The van der Waals surface area contributed by atoms with Gasteiger partial charge in [-0.1, -0.05) is 0 Å². The van der Waals surface area contributed by atoms with Crippen LogP contribution in [0.25, 0.3) is 0 Å². The maximum atomic E-state index is 12.1. The molecule has 0 aliphatic carbocycles. The quantitative estimate of drug-likeness (QED) is 0.242. The topological polar surface area (TPSA) is 108 Å². The van der Waals surface area contributed by atoms with E-state index in [1.54, 1.807) is 0 Å². The van der Waals surface area contributed by atoms with Gasteiger partial charge in [-0.05, 0) is 6.92 Å². The van der Waals surface area contributed by atoms with Crippen molar-refractivity contribution in [1.82, 2.24) is 0 Å². The minimum atomic E-state index is -4.76. The molecule has 0 aromatic carbocycles. The average molecular weight is 319 g/mol. The van der Waals surface area contributed by atoms with Crippen LogP contribution in [0.3, 0.4) is 0 Å². The lowest BCUT2D eigenvalue weighted by molar-refractivity contribution is -0.190. The summed E-state index contributed by atoms with van der Waals surface area (Å²) in [5, 5.41) is -3.59. The van der Waals surface area contributed by atoms with Gasteiger partial charge < -0.3 is 14.4 Å². The number of hydrogen-bond acceptors (Lipinski definition) is 7. The zero-order valence-corrected chi connectivity index (χ0v) is 12.6. The monoisotopic (exact) mass is 318 g/mol. The van der Waals surface area contributed by atoms with E-state index in [1.165, 1.54) is 6.92 Å². The number of alkyl halides is 1. The summed E-state index contributed by atoms with van der Waals surface area (Å²) in [7, 11) is -1.74. The van der Waals surface area contributed by atoms with Crippen LogP contribution in [0.4, 0.5) is 0 Å². The third kappa shape index (κ3) is 3.67. The molecular formula is C9H16ClO8P. The van der Waals surface area contributed by atoms with E-state index >= 15 is 0 Å². The van der Waals surface area contributed by atoms with E-state index in [0.29, 0.717) is 0 Å². The molecule has 8 nitrogen and oxygen atoms in total.